The number of hydrogen-bond acceptors (Lipinski definition) is 4. The van der Waals surface area contributed by atoms with E-state index in [0.29, 0.717) is 12.4 Å². The zero-order chi connectivity index (χ0) is 11.5. The van der Waals surface area contributed by atoms with Crippen LogP contribution in [-0.2, 0) is 6.54 Å². The van der Waals surface area contributed by atoms with E-state index in [9.17, 15) is 0 Å². The van der Waals surface area contributed by atoms with Gasteiger partial charge in [-0.1, -0.05) is 0 Å². The van der Waals surface area contributed by atoms with Crippen molar-refractivity contribution < 1.29 is 4.74 Å². The summed E-state index contributed by atoms with van der Waals surface area (Å²) >= 11 is 0. The van der Waals surface area contributed by atoms with Gasteiger partial charge < -0.3 is 10.5 Å². The lowest BCUT2D eigenvalue weighted by atomic mass is 10.3. The molecule has 0 aliphatic heterocycles. The average Bonchev–Trinajstić information content (AvgIpc) is 2.71. The molecule has 1 aromatic heterocycles. The molecule has 84 valence electrons. The number of nitrogens with zero attached hydrogens (tertiary/aromatic N) is 3. The highest BCUT2D eigenvalue weighted by molar-refractivity contribution is 5.37. The van der Waals surface area contributed by atoms with Crippen LogP contribution < -0.4 is 10.5 Å². The Labute approximate surface area is 93.9 Å². The molecular formula is C11H14N4O. The molecule has 0 aliphatic rings. The first-order chi connectivity index (χ1) is 7.74. The minimum absolute atomic E-state index is 0.351. The van der Waals surface area contributed by atoms with Crippen LogP contribution in [0.25, 0.3) is 5.69 Å². The second-order valence-corrected chi connectivity index (χ2v) is 3.39. The Bertz CT molecular complexity index is 475. The second kappa shape index (κ2) is 4.32. The third-order valence-corrected chi connectivity index (χ3v) is 2.31. The predicted molar refractivity (Wildman–Crippen MR) is 60.5 cm³/mol. The molecule has 16 heavy (non-hydrogen) atoms. The topological polar surface area (TPSA) is 66.0 Å². The minimum atomic E-state index is 0.351. The largest absolute Gasteiger partial charge is 0.497 e. The molecule has 0 saturated carbocycles. The molecule has 2 rings (SSSR count). The van der Waals surface area contributed by atoms with Crippen molar-refractivity contribution >= 4 is 0 Å². The Balaban J connectivity index is 2.38. The standard InChI is InChI=1S/C11H14N4O/c1-8-13-11(7-12)14-15(8)9-3-5-10(16-2)6-4-9/h3-6H,7,12H2,1-2H3. The molecule has 0 amide bonds. The van der Waals surface area contributed by atoms with E-state index in [1.807, 2.05) is 31.2 Å². The van der Waals surface area contributed by atoms with Gasteiger partial charge in [0.1, 0.15) is 11.6 Å². The maximum Gasteiger partial charge on any atom is 0.164 e. The monoisotopic (exact) mass is 218 g/mol. The van der Waals surface area contributed by atoms with E-state index in [2.05, 4.69) is 10.1 Å². The van der Waals surface area contributed by atoms with Crippen LogP contribution in [-0.4, -0.2) is 21.9 Å². The van der Waals surface area contributed by atoms with Crippen molar-refractivity contribution in [2.24, 2.45) is 5.73 Å². The SMILES string of the molecule is COc1ccc(-n2nc(CN)nc2C)cc1. The smallest absolute Gasteiger partial charge is 0.164 e. The van der Waals surface area contributed by atoms with Gasteiger partial charge >= 0.3 is 0 Å². The molecule has 0 radical (unpaired) electrons. The van der Waals surface area contributed by atoms with Gasteiger partial charge in [-0.3, -0.25) is 0 Å². The Kier molecular flexibility index (Phi) is 2.87. The van der Waals surface area contributed by atoms with Crippen molar-refractivity contribution in [3.8, 4) is 11.4 Å². The molecule has 5 heteroatoms. The van der Waals surface area contributed by atoms with Crippen LogP contribution in [0.5, 0.6) is 5.75 Å². The molecule has 2 N–H and O–H groups in total. The van der Waals surface area contributed by atoms with E-state index in [1.54, 1.807) is 11.8 Å². The number of aryl methyl sites for hydroxylation is 1. The van der Waals surface area contributed by atoms with Crippen LogP contribution in [0.15, 0.2) is 24.3 Å². The van der Waals surface area contributed by atoms with Gasteiger partial charge in [-0.05, 0) is 31.2 Å². The Hall–Kier alpha value is -1.88. The van der Waals surface area contributed by atoms with Crippen molar-refractivity contribution in [3.63, 3.8) is 0 Å². The maximum atomic E-state index is 5.50. The van der Waals surface area contributed by atoms with Gasteiger partial charge in [0, 0.05) is 0 Å². The number of hydrogen-bond donors (Lipinski definition) is 1. The summed E-state index contributed by atoms with van der Waals surface area (Å²) < 4.78 is 6.86. The first-order valence-corrected chi connectivity index (χ1v) is 5.01. The quantitative estimate of drug-likeness (QED) is 0.836. The van der Waals surface area contributed by atoms with Crippen molar-refractivity contribution in [2.45, 2.75) is 13.5 Å². The number of methoxy groups -OCH3 is 1. The van der Waals surface area contributed by atoms with E-state index in [0.717, 1.165) is 17.3 Å². The molecule has 1 aromatic carbocycles. The van der Waals surface area contributed by atoms with Crippen LogP contribution in [0, 0.1) is 6.92 Å². The van der Waals surface area contributed by atoms with E-state index in [4.69, 9.17) is 10.5 Å². The summed E-state index contributed by atoms with van der Waals surface area (Å²) in [6.07, 6.45) is 0. The molecule has 2 aromatic rings. The molecule has 0 bridgehead atoms. The Morgan fingerprint density at radius 3 is 2.50 bits per heavy atom. The van der Waals surface area contributed by atoms with E-state index < -0.39 is 0 Å². The van der Waals surface area contributed by atoms with Crippen molar-refractivity contribution in [1.82, 2.24) is 14.8 Å². The Morgan fingerprint density at radius 1 is 1.31 bits per heavy atom. The molecule has 0 saturated heterocycles. The van der Waals surface area contributed by atoms with Gasteiger partial charge in [0.2, 0.25) is 0 Å². The second-order valence-electron chi connectivity index (χ2n) is 3.39. The lowest BCUT2D eigenvalue weighted by Crippen LogP contribution is -2.01. The molecule has 0 aliphatic carbocycles. The third-order valence-electron chi connectivity index (χ3n) is 2.31. The number of benzene rings is 1. The van der Waals surface area contributed by atoms with Gasteiger partial charge in [0.15, 0.2) is 5.82 Å². The lowest BCUT2D eigenvalue weighted by Gasteiger charge is -2.04. The van der Waals surface area contributed by atoms with Gasteiger partial charge in [-0.25, -0.2) is 9.67 Å². The van der Waals surface area contributed by atoms with Gasteiger partial charge in [0.05, 0.1) is 19.3 Å². The number of ether oxygens (including phenoxy) is 1. The summed E-state index contributed by atoms with van der Waals surface area (Å²) in [5.41, 5.74) is 6.45. The molecular weight excluding hydrogens is 204 g/mol. The van der Waals surface area contributed by atoms with Gasteiger partial charge in [0.25, 0.3) is 0 Å². The number of aromatic nitrogens is 3. The molecule has 0 unspecified atom stereocenters. The maximum absolute atomic E-state index is 5.50. The van der Waals surface area contributed by atoms with Crippen LogP contribution in [0.1, 0.15) is 11.6 Å². The highest BCUT2D eigenvalue weighted by Gasteiger charge is 2.06. The first kappa shape index (κ1) is 10.6. The summed E-state index contributed by atoms with van der Waals surface area (Å²) in [5, 5.41) is 4.29. The zero-order valence-corrected chi connectivity index (χ0v) is 9.34. The van der Waals surface area contributed by atoms with Crippen LogP contribution in [0.4, 0.5) is 0 Å². The molecule has 1 heterocycles. The summed E-state index contributed by atoms with van der Waals surface area (Å²) in [6, 6.07) is 7.64. The van der Waals surface area contributed by atoms with Crippen molar-refractivity contribution in [2.75, 3.05) is 7.11 Å². The van der Waals surface area contributed by atoms with Crippen LogP contribution in [0.2, 0.25) is 0 Å². The summed E-state index contributed by atoms with van der Waals surface area (Å²) in [6.45, 7) is 2.25. The minimum Gasteiger partial charge on any atom is -0.497 e. The molecule has 0 spiro atoms. The third kappa shape index (κ3) is 1.90. The van der Waals surface area contributed by atoms with Crippen LogP contribution in [0.3, 0.4) is 0 Å². The fourth-order valence-corrected chi connectivity index (χ4v) is 1.50. The predicted octanol–water partition coefficient (Wildman–Crippen LogP) is 1.04. The molecule has 0 atom stereocenters. The van der Waals surface area contributed by atoms with Gasteiger partial charge in [-0.15, -0.1) is 5.10 Å². The fourth-order valence-electron chi connectivity index (χ4n) is 1.50. The summed E-state index contributed by atoms with van der Waals surface area (Å²) in [7, 11) is 1.64. The summed E-state index contributed by atoms with van der Waals surface area (Å²) in [5.74, 6) is 2.29. The van der Waals surface area contributed by atoms with Crippen molar-refractivity contribution in [3.05, 3.63) is 35.9 Å². The molecule has 5 nitrogen and oxygen atoms in total. The highest BCUT2D eigenvalue weighted by Crippen LogP contribution is 2.15. The van der Waals surface area contributed by atoms with Gasteiger partial charge in [-0.2, -0.15) is 0 Å². The highest BCUT2D eigenvalue weighted by atomic mass is 16.5. The van der Waals surface area contributed by atoms with E-state index in [-0.39, 0.29) is 0 Å². The van der Waals surface area contributed by atoms with E-state index in [1.165, 1.54) is 0 Å². The zero-order valence-electron chi connectivity index (χ0n) is 9.34. The number of nitrogens with two attached hydrogens (primary N) is 1. The summed E-state index contributed by atoms with van der Waals surface area (Å²) in [4.78, 5) is 4.24. The van der Waals surface area contributed by atoms with Crippen LogP contribution >= 0.6 is 0 Å². The number of rotatable bonds is 3. The normalized spacial score (nSPS) is 10.4. The lowest BCUT2D eigenvalue weighted by molar-refractivity contribution is 0.414. The van der Waals surface area contributed by atoms with Crippen molar-refractivity contribution in [1.29, 1.82) is 0 Å². The van der Waals surface area contributed by atoms with E-state index >= 15 is 0 Å². The first-order valence-electron chi connectivity index (χ1n) is 5.01. The fraction of sp³-hybridized carbons (Fsp3) is 0.273. The molecule has 0 fully saturated rings. The average molecular weight is 218 g/mol. The Morgan fingerprint density at radius 2 is 2.00 bits per heavy atom.